The van der Waals surface area contributed by atoms with Gasteiger partial charge in [0, 0.05) is 0 Å². The molecule has 0 atom stereocenters. The van der Waals surface area contributed by atoms with E-state index in [9.17, 15) is 19.8 Å². The third-order valence-electron chi connectivity index (χ3n) is 3.71. The molecule has 0 aliphatic carbocycles. The maximum absolute atomic E-state index is 11.9. The zero-order valence-electron chi connectivity index (χ0n) is 11.7. The van der Waals surface area contributed by atoms with Gasteiger partial charge in [0.25, 0.3) is 0 Å². The van der Waals surface area contributed by atoms with Crippen LogP contribution in [-0.2, 0) is 9.59 Å². The van der Waals surface area contributed by atoms with E-state index in [-0.39, 0.29) is 25.7 Å². The lowest BCUT2D eigenvalue weighted by Crippen LogP contribution is -2.52. The van der Waals surface area contributed by atoms with Crippen molar-refractivity contribution in [2.24, 2.45) is 10.8 Å². The average molecular weight is 278 g/mol. The normalized spacial score (nSPS) is 11.4. The van der Waals surface area contributed by atoms with E-state index in [0.29, 0.717) is 0 Å². The molecule has 2 N–H and O–H groups in total. The molecule has 0 saturated carbocycles. The van der Waals surface area contributed by atoms with Crippen molar-refractivity contribution in [3.63, 3.8) is 0 Å². The third kappa shape index (κ3) is 2.90. The molecule has 0 aliphatic rings. The van der Waals surface area contributed by atoms with Crippen molar-refractivity contribution in [1.82, 2.24) is 0 Å². The second-order valence-electron chi connectivity index (χ2n) is 4.75. The first-order valence-electron chi connectivity index (χ1n) is 6.29. The first kappa shape index (κ1) is 17.9. The topological polar surface area (TPSA) is 74.6 Å². The fourth-order valence-electron chi connectivity index (χ4n) is 2.69. The van der Waals surface area contributed by atoms with Gasteiger partial charge in [0.15, 0.2) is 0 Å². The van der Waals surface area contributed by atoms with Crippen LogP contribution in [0.5, 0.6) is 0 Å². The summed E-state index contributed by atoms with van der Waals surface area (Å²) in [5.41, 5.74) is -3.05. The number of carboxylic acid groups (broad SMARTS) is 2. The smallest absolute Gasteiger partial charge is 0.311 e. The monoisotopic (exact) mass is 278 g/mol. The number of carboxylic acids is 2. The molecule has 4 nitrogen and oxygen atoms in total. The second kappa shape index (κ2) is 7.48. The number of rotatable bonds is 11. The first-order valence-corrected chi connectivity index (χ1v) is 6.29. The molecule has 0 aromatic rings. The van der Waals surface area contributed by atoms with Crippen molar-refractivity contribution in [2.45, 2.75) is 25.7 Å². The van der Waals surface area contributed by atoms with Gasteiger partial charge in [-0.3, -0.25) is 9.59 Å². The van der Waals surface area contributed by atoms with Crippen LogP contribution < -0.4 is 0 Å². The van der Waals surface area contributed by atoms with Crippen molar-refractivity contribution in [3.05, 3.63) is 50.6 Å². The Hall–Kier alpha value is -2.10. The highest BCUT2D eigenvalue weighted by Crippen LogP contribution is 2.51. The highest BCUT2D eigenvalue weighted by atomic mass is 16.4. The molecule has 0 rings (SSSR count). The summed E-state index contributed by atoms with van der Waals surface area (Å²) in [7, 11) is 0. The Morgan fingerprint density at radius 1 is 0.700 bits per heavy atom. The minimum absolute atomic E-state index is 0.0301. The molecule has 0 aliphatic heterocycles. The number of aliphatic carboxylic acids is 2. The molecule has 0 bridgehead atoms. The van der Waals surface area contributed by atoms with Gasteiger partial charge in [-0.25, -0.2) is 0 Å². The Labute approximate surface area is 119 Å². The fourth-order valence-corrected chi connectivity index (χ4v) is 2.69. The molecule has 0 aromatic heterocycles. The number of allylic oxidation sites excluding steroid dienone is 4. The molecule has 0 aromatic carbocycles. The lowest BCUT2D eigenvalue weighted by molar-refractivity contribution is -0.174. The SMILES string of the molecule is C=CCC(CC=C)(C(=O)O)C(CC=C)(CC=C)C(=O)O. The van der Waals surface area contributed by atoms with Gasteiger partial charge in [0.05, 0.1) is 10.8 Å². The summed E-state index contributed by atoms with van der Waals surface area (Å²) >= 11 is 0. The van der Waals surface area contributed by atoms with E-state index in [1.165, 1.54) is 24.3 Å². The van der Waals surface area contributed by atoms with Gasteiger partial charge in [-0.2, -0.15) is 0 Å². The zero-order valence-corrected chi connectivity index (χ0v) is 11.7. The Bertz CT molecular complexity index is 360. The van der Waals surface area contributed by atoms with Crippen LogP contribution in [-0.4, -0.2) is 22.2 Å². The Morgan fingerprint density at radius 3 is 1.00 bits per heavy atom. The highest BCUT2D eigenvalue weighted by Gasteiger charge is 2.58. The lowest BCUT2D eigenvalue weighted by Gasteiger charge is -2.43. The van der Waals surface area contributed by atoms with Crippen molar-refractivity contribution in [1.29, 1.82) is 0 Å². The van der Waals surface area contributed by atoms with Crippen LogP contribution in [0.1, 0.15) is 25.7 Å². The number of carbonyl (C=O) groups is 2. The highest BCUT2D eigenvalue weighted by molar-refractivity contribution is 5.87. The van der Waals surface area contributed by atoms with Gasteiger partial charge >= 0.3 is 11.9 Å². The van der Waals surface area contributed by atoms with Gasteiger partial charge in [-0.15, -0.1) is 26.3 Å². The van der Waals surface area contributed by atoms with Gasteiger partial charge in [-0.1, -0.05) is 24.3 Å². The van der Waals surface area contributed by atoms with E-state index >= 15 is 0 Å². The zero-order chi connectivity index (χ0) is 15.8. The van der Waals surface area contributed by atoms with Crippen molar-refractivity contribution >= 4 is 11.9 Å². The van der Waals surface area contributed by atoms with Crippen LogP contribution in [0, 0.1) is 10.8 Å². The molecule has 4 heteroatoms. The molecule has 0 amide bonds. The largest absolute Gasteiger partial charge is 0.481 e. The fraction of sp³-hybridized carbons (Fsp3) is 0.375. The summed E-state index contributed by atoms with van der Waals surface area (Å²) in [5.74, 6) is -2.35. The van der Waals surface area contributed by atoms with E-state index < -0.39 is 22.8 Å². The van der Waals surface area contributed by atoms with Gasteiger partial charge in [0.2, 0.25) is 0 Å². The van der Waals surface area contributed by atoms with Crippen molar-refractivity contribution < 1.29 is 19.8 Å². The van der Waals surface area contributed by atoms with Crippen LogP contribution in [0.4, 0.5) is 0 Å². The molecular formula is C16H22O4. The molecule has 0 unspecified atom stereocenters. The summed E-state index contributed by atoms with van der Waals surface area (Å²) in [6, 6.07) is 0. The van der Waals surface area contributed by atoms with Crippen molar-refractivity contribution in [2.75, 3.05) is 0 Å². The van der Waals surface area contributed by atoms with E-state index in [2.05, 4.69) is 26.3 Å². The summed E-state index contributed by atoms with van der Waals surface area (Å²) in [4.78, 5) is 23.7. The molecule has 0 spiro atoms. The standard InChI is InChI=1S/C16H22O4/c1-5-9-15(10-6-2,13(17)18)16(11-7-3,12-8-4)14(19)20/h5-8H,1-4,9-12H2,(H,17,18)(H,19,20). The summed E-state index contributed by atoms with van der Waals surface area (Å²) < 4.78 is 0. The number of hydrogen-bond donors (Lipinski definition) is 2. The first-order chi connectivity index (χ1) is 9.38. The van der Waals surface area contributed by atoms with Crippen LogP contribution >= 0.6 is 0 Å². The van der Waals surface area contributed by atoms with Crippen LogP contribution in [0.15, 0.2) is 50.6 Å². The number of hydrogen-bond acceptors (Lipinski definition) is 2. The van der Waals surface area contributed by atoms with Crippen LogP contribution in [0.25, 0.3) is 0 Å². The molecule has 0 radical (unpaired) electrons. The van der Waals surface area contributed by atoms with E-state index in [0.717, 1.165) is 0 Å². The van der Waals surface area contributed by atoms with Gasteiger partial charge < -0.3 is 10.2 Å². The second-order valence-corrected chi connectivity index (χ2v) is 4.75. The van der Waals surface area contributed by atoms with E-state index in [1.54, 1.807) is 0 Å². The Morgan fingerprint density at radius 2 is 0.900 bits per heavy atom. The Kier molecular flexibility index (Phi) is 6.69. The maximum atomic E-state index is 11.9. The van der Waals surface area contributed by atoms with Gasteiger partial charge in [-0.05, 0) is 25.7 Å². The quantitative estimate of drug-likeness (QED) is 0.568. The minimum atomic E-state index is -1.52. The molecule has 0 fully saturated rings. The molecule has 20 heavy (non-hydrogen) atoms. The molecule has 110 valence electrons. The van der Waals surface area contributed by atoms with Crippen LogP contribution in [0.3, 0.4) is 0 Å². The summed E-state index contributed by atoms with van der Waals surface area (Å²) in [6.45, 7) is 14.2. The lowest BCUT2D eigenvalue weighted by atomic mass is 9.56. The van der Waals surface area contributed by atoms with Gasteiger partial charge in [0.1, 0.15) is 0 Å². The molecule has 0 saturated heterocycles. The molecular weight excluding hydrogens is 256 g/mol. The van der Waals surface area contributed by atoms with Crippen LogP contribution in [0.2, 0.25) is 0 Å². The maximum Gasteiger partial charge on any atom is 0.311 e. The average Bonchev–Trinajstić information content (AvgIpc) is 2.37. The Balaban J connectivity index is 6.33. The van der Waals surface area contributed by atoms with E-state index in [4.69, 9.17) is 0 Å². The summed E-state index contributed by atoms with van der Waals surface area (Å²) in [5, 5.41) is 19.4. The molecule has 0 heterocycles. The third-order valence-corrected chi connectivity index (χ3v) is 3.71. The van der Waals surface area contributed by atoms with Crippen molar-refractivity contribution in [3.8, 4) is 0 Å². The predicted octanol–water partition coefficient (Wildman–Crippen LogP) is 3.43. The minimum Gasteiger partial charge on any atom is -0.481 e. The van der Waals surface area contributed by atoms with E-state index in [1.807, 2.05) is 0 Å². The predicted molar refractivity (Wildman–Crippen MR) is 79.4 cm³/mol. The summed E-state index contributed by atoms with van der Waals surface area (Å²) in [6.07, 6.45) is 5.85.